The Bertz CT molecular complexity index is 1790. The summed E-state index contributed by atoms with van der Waals surface area (Å²) >= 11 is 5.94. The first-order valence-electron chi connectivity index (χ1n) is 12.1. The molecule has 0 atom stereocenters. The Morgan fingerprint density at radius 2 is 1.65 bits per heavy atom. The smallest absolute Gasteiger partial charge is 0.278 e. The number of amides is 1. The molecule has 0 aliphatic rings. The summed E-state index contributed by atoms with van der Waals surface area (Å²) in [6, 6.07) is 21.7. The normalized spacial score (nSPS) is 11.4. The lowest BCUT2D eigenvalue weighted by Gasteiger charge is -2.27. The number of nitrogens with zero attached hydrogens (tertiary/aromatic N) is 4. The summed E-state index contributed by atoms with van der Waals surface area (Å²) in [5, 5.41) is 14.8. The van der Waals surface area contributed by atoms with Gasteiger partial charge in [-0.05, 0) is 61.0 Å². The van der Waals surface area contributed by atoms with Crippen LogP contribution in [0.5, 0.6) is 11.5 Å². The van der Waals surface area contributed by atoms with Crippen LogP contribution >= 0.6 is 11.6 Å². The summed E-state index contributed by atoms with van der Waals surface area (Å²) in [5.74, 6) is 0.0508. The summed E-state index contributed by atoms with van der Waals surface area (Å²) in [5.41, 5.74) is 3.04. The number of hydrogen-bond acceptors (Lipinski definition) is 7. The van der Waals surface area contributed by atoms with Gasteiger partial charge in [0.1, 0.15) is 11.5 Å². The largest absolute Gasteiger partial charge is 0.457 e. The van der Waals surface area contributed by atoms with E-state index in [1.807, 2.05) is 6.07 Å². The Morgan fingerprint density at radius 3 is 2.27 bits per heavy atom. The number of hydroxylamine groups is 1. The maximum atomic E-state index is 14.3. The number of benzene rings is 3. The van der Waals surface area contributed by atoms with Gasteiger partial charge in [-0.15, -0.1) is 0 Å². The lowest BCUT2D eigenvalue weighted by Crippen LogP contribution is -2.33. The number of pyridine rings is 1. The van der Waals surface area contributed by atoms with Crippen molar-refractivity contribution in [3.63, 3.8) is 0 Å². The zero-order chi connectivity index (χ0) is 28.4. The van der Waals surface area contributed by atoms with Crippen LogP contribution in [0.4, 0.5) is 5.69 Å². The number of halogens is 1. The van der Waals surface area contributed by atoms with E-state index in [0.29, 0.717) is 38.8 Å². The summed E-state index contributed by atoms with van der Waals surface area (Å²) < 4.78 is 37.1. The lowest BCUT2D eigenvalue weighted by atomic mass is 10.1. The van der Waals surface area contributed by atoms with Crippen LogP contribution in [0.15, 0.2) is 90.0 Å². The van der Waals surface area contributed by atoms with Crippen molar-refractivity contribution < 1.29 is 23.2 Å². The second-order valence-electron chi connectivity index (χ2n) is 8.89. The molecule has 0 saturated heterocycles. The number of aromatic nitrogens is 3. The van der Waals surface area contributed by atoms with Gasteiger partial charge in [0.25, 0.3) is 15.9 Å². The van der Waals surface area contributed by atoms with E-state index >= 15 is 0 Å². The van der Waals surface area contributed by atoms with E-state index in [1.165, 1.54) is 23.0 Å². The maximum absolute atomic E-state index is 14.3. The van der Waals surface area contributed by atoms with E-state index in [1.54, 1.807) is 80.1 Å². The number of sulfonamides is 1. The van der Waals surface area contributed by atoms with E-state index in [0.717, 1.165) is 4.31 Å². The quantitative estimate of drug-likeness (QED) is 0.191. The van der Waals surface area contributed by atoms with Gasteiger partial charge >= 0.3 is 0 Å². The van der Waals surface area contributed by atoms with Gasteiger partial charge < -0.3 is 4.74 Å². The van der Waals surface area contributed by atoms with Crippen LogP contribution in [0.25, 0.3) is 11.0 Å². The van der Waals surface area contributed by atoms with Gasteiger partial charge in [-0.1, -0.05) is 41.9 Å². The number of fused-ring (bicyclic) bond motifs is 1. The third-order valence-electron chi connectivity index (χ3n) is 6.23. The molecule has 2 aromatic heterocycles. The molecule has 0 radical (unpaired) electrons. The van der Waals surface area contributed by atoms with E-state index < -0.39 is 15.9 Å². The average Bonchev–Trinajstić information content (AvgIpc) is 3.26. The molecule has 12 heteroatoms. The van der Waals surface area contributed by atoms with Gasteiger partial charge in [-0.3, -0.25) is 19.0 Å². The number of ether oxygens (including phenoxy) is 1. The molecule has 10 nitrogen and oxygen atoms in total. The Hall–Kier alpha value is -4.45. The van der Waals surface area contributed by atoms with Crippen LogP contribution in [0.3, 0.4) is 0 Å². The van der Waals surface area contributed by atoms with Crippen molar-refractivity contribution in [2.45, 2.75) is 18.4 Å². The summed E-state index contributed by atoms with van der Waals surface area (Å²) in [6.07, 6.45) is 1.22. The molecule has 3 aromatic carbocycles. The summed E-state index contributed by atoms with van der Waals surface area (Å²) in [4.78, 5) is 17.1. The Balaban J connectivity index is 1.65. The number of hydrogen-bond donors (Lipinski definition) is 2. The third kappa shape index (κ3) is 5.22. The molecular weight excluding hydrogens is 554 g/mol. The molecule has 0 fully saturated rings. The molecule has 0 unspecified atom stereocenters. The van der Waals surface area contributed by atoms with Crippen molar-refractivity contribution in [3.05, 3.63) is 107 Å². The third-order valence-corrected chi connectivity index (χ3v) is 8.24. The molecule has 2 N–H and O–H groups in total. The van der Waals surface area contributed by atoms with Crippen molar-refractivity contribution in [2.75, 3.05) is 4.31 Å². The molecule has 0 aliphatic heterocycles. The van der Waals surface area contributed by atoms with Crippen molar-refractivity contribution in [2.24, 2.45) is 7.05 Å². The molecule has 204 valence electrons. The zero-order valence-corrected chi connectivity index (χ0v) is 23.0. The second kappa shape index (κ2) is 11.0. The van der Waals surface area contributed by atoms with Crippen molar-refractivity contribution in [1.29, 1.82) is 0 Å². The minimum Gasteiger partial charge on any atom is -0.457 e. The Labute approximate surface area is 235 Å². The molecule has 0 spiro atoms. The highest BCUT2D eigenvalue weighted by Crippen LogP contribution is 2.37. The molecule has 0 aliphatic carbocycles. The van der Waals surface area contributed by atoms with Gasteiger partial charge in [-0.2, -0.15) is 5.10 Å². The fourth-order valence-corrected chi connectivity index (χ4v) is 5.97. The number of aryl methyl sites for hydroxylation is 2. The van der Waals surface area contributed by atoms with Gasteiger partial charge in [0.2, 0.25) is 0 Å². The van der Waals surface area contributed by atoms with Gasteiger partial charge in [0.15, 0.2) is 5.65 Å². The number of carbonyl (C=O) groups excluding carboxylic acids is 1. The number of rotatable bonds is 8. The molecule has 40 heavy (non-hydrogen) atoms. The highest BCUT2D eigenvalue weighted by Gasteiger charge is 2.32. The predicted octanol–water partition coefficient (Wildman–Crippen LogP) is 5.24. The van der Waals surface area contributed by atoms with E-state index in [-0.39, 0.29) is 22.7 Å². The summed E-state index contributed by atoms with van der Waals surface area (Å²) in [7, 11) is -2.60. The van der Waals surface area contributed by atoms with Crippen molar-refractivity contribution in [1.82, 2.24) is 20.2 Å². The van der Waals surface area contributed by atoms with Gasteiger partial charge in [0, 0.05) is 18.3 Å². The summed E-state index contributed by atoms with van der Waals surface area (Å²) in [6.45, 7) is 1.59. The zero-order valence-electron chi connectivity index (χ0n) is 21.4. The topological polar surface area (TPSA) is 127 Å². The molecule has 1 amide bonds. The van der Waals surface area contributed by atoms with E-state index in [2.05, 4.69) is 10.1 Å². The first-order valence-corrected chi connectivity index (χ1v) is 13.9. The molecule has 0 saturated carbocycles. The van der Waals surface area contributed by atoms with Crippen LogP contribution in [0.2, 0.25) is 5.02 Å². The Morgan fingerprint density at radius 1 is 1.02 bits per heavy atom. The number of anilines is 1. The fourth-order valence-electron chi connectivity index (χ4n) is 4.36. The fraction of sp³-hybridized carbons (Fsp3) is 0.107. The minimum atomic E-state index is -4.28. The van der Waals surface area contributed by atoms with Crippen molar-refractivity contribution >= 4 is 44.3 Å². The van der Waals surface area contributed by atoms with E-state index in [9.17, 15) is 18.4 Å². The maximum Gasteiger partial charge on any atom is 0.278 e. The standard InChI is InChI=1S/C28H24ClN5O5S/c1-18-25-26(24(28(35)32-36)16-30-27(25)33(2)31-18)34(17-19-6-4-3-5-7-19)40(37,38)23-14-12-22(13-15-23)39-21-10-8-20(29)9-11-21/h3-16,36H,17H2,1-2H3,(H,32,35). The van der Waals surface area contributed by atoms with Gasteiger partial charge in [0.05, 0.1) is 33.8 Å². The predicted molar refractivity (Wildman–Crippen MR) is 150 cm³/mol. The SMILES string of the molecule is Cc1nn(C)c2ncc(C(=O)NO)c(N(Cc3ccccc3)S(=O)(=O)c3ccc(Oc4ccc(Cl)cc4)cc3)c12. The molecule has 2 heterocycles. The van der Waals surface area contributed by atoms with Crippen LogP contribution in [-0.2, 0) is 23.6 Å². The average molecular weight is 578 g/mol. The Kier molecular flexibility index (Phi) is 7.44. The first kappa shape index (κ1) is 27.1. The highest BCUT2D eigenvalue weighted by atomic mass is 35.5. The highest BCUT2D eigenvalue weighted by molar-refractivity contribution is 7.92. The molecular formula is C28H24ClN5O5S. The molecule has 5 rings (SSSR count). The lowest BCUT2D eigenvalue weighted by molar-refractivity contribution is 0.0707. The van der Waals surface area contributed by atoms with E-state index in [4.69, 9.17) is 16.3 Å². The molecule has 5 aromatic rings. The minimum absolute atomic E-state index is 0.0336. The van der Waals surface area contributed by atoms with Crippen molar-refractivity contribution in [3.8, 4) is 11.5 Å². The monoisotopic (exact) mass is 577 g/mol. The number of carbonyl (C=O) groups is 1. The van der Waals surface area contributed by atoms with Gasteiger partial charge in [-0.25, -0.2) is 18.9 Å². The van der Waals surface area contributed by atoms with Crippen LogP contribution < -0.4 is 14.5 Å². The second-order valence-corrected chi connectivity index (χ2v) is 11.2. The van der Waals surface area contributed by atoms with Crippen LogP contribution in [0.1, 0.15) is 21.6 Å². The van der Waals surface area contributed by atoms with Crippen LogP contribution in [0, 0.1) is 6.92 Å². The molecule has 0 bridgehead atoms. The van der Waals surface area contributed by atoms with Crippen LogP contribution in [-0.4, -0.2) is 34.3 Å². The number of nitrogens with one attached hydrogen (secondary N) is 1. The first-order chi connectivity index (χ1) is 19.2.